The monoisotopic (exact) mass is 544 g/mol. The van der Waals surface area contributed by atoms with E-state index in [0.717, 1.165) is 81.9 Å². The van der Waals surface area contributed by atoms with Crippen molar-refractivity contribution in [2.75, 3.05) is 13.2 Å². The van der Waals surface area contributed by atoms with Gasteiger partial charge in [-0.15, -0.1) is 0 Å². The van der Waals surface area contributed by atoms with Crippen molar-refractivity contribution in [3.63, 3.8) is 0 Å². The number of pyridine rings is 1. The summed E-state index contributed by atoms with van der Waals surface area (Å²) in [6.45, 7) is 15.4. The summed E-state index contributed by atoms with van der Waals surface area (Å²) in [5.74, 6) is 0.756. The smallest absolute Gasteiger partial charge is 0.410 e. The number of H-pyrrole nitrogens is 1. The lowest BCUT2D eigenvalue weighted by Gasteiger charge is -2.27. The third-order valence-corrected chi connectivity index (χ3v) is 7.51. The molecule has 5 rings (SSSR count). The summed E-state index contributed by atoms with van der Waals surface area (Å²) < 4.78 is 13.8. The van der Waals surface area contributed by atoms with Crippen LogP contribution in [-0.4, -0.2) is 54.5 Å². The molecule has 1 aromatic carbocycles. The van der Waals surface area contributed by atoms with Gasteiger partial charge < -0.3 is 19.4 Å². The number of nitrogens with zero attached hydrogens (tertiary/aromatic N) is 5. The van der Waals surface area contributed by atoms with E-state index in [0.29, 0.717) is 13.1 Å². The normalized spacial score (nSPS) is 15.9. The molecule has 1 unspecified atom stereocenters. The molecule has 1 atom stereocenters. The summed E-state index contributed by atoms with van der Waals surface area (Å²) >= 11 is 0. The van der Waals surface area contributed by atoms with Gasteiger partial charge in [0.25, 0.3) is 0 Å². The molecule has 0 aliphatic carbocycles. The maximum Gasteiger partial charge on any atom is 0.410 e. The zero-order valence-corrected chi connectivity index (χ0v) is 24.7. The third-order valence-electron chi connectivity index (χ3n) is 7.51. The average molecular weight is 545 g/mol. The fraction of sp³-hybridized carbons (Fsp3) is 0.484. The number of aromatic amines is 1. The minimum absolute atomic E-state index is 0.0902. The standard InChI is InChI=1S/C31H40N6O3/c1-8-36(30(38)40-31(5,6)7)18-23-16-32-17-25(19(23)2)22-12-13-26-24(15-22)28(29-33-20(3)21(4)34-29)35-37(26)27-11-9-10-14-39-27/h12-13,15-17,27H,8-11,14,18H2,1-7H3,(H,33,34). The van der Waals surface area contributed by atoms with Crippen LogP contribution in [0, 0.1) is 20.8 Å². The largest absolute Gasteiger partial charge is 0.444 e. The number of rotatable bonds is 6. The molecule has 212 valence electrons. The molecular formula is C31H40N6O3. The van der Waals surface area contributed by atoms with Crippen LogP contribution in [0.3, 0.4) is 0 Å². The van der Waals surface area contributed by atoms with Crippen LogP contribution in [0.2, 0.25) is 0 Å². The highest BCUT2D eigenvalue weighted by atomic mass is 16.6. The van der Waals surface area contributed by atoms with Crippen LogP contribution in [0.5, 0.6) is 0 Å². The number of amides is 1. The van der Waals surface area contributed by atoms with Crippen molar-refractivity contribution in [1.29, 1.82) is 0 Å². The molecule has 0 spiro atoms. The van der Waals surface area contributed by atoms with E-state index >= 15 is 0 Å². The third kappa shape index (κ3) is 5.61. The fourth-order valence-corrected chi connectivity index (χ4v) is 5.14. The van der Waals surface area contributed by atoms with Gasteiger partial charge >= 0.3 is 6.09 Å². The molecule has 0 bridgehead atoms. The first-order valence-corrected chi connectivity index (χ1v) is 14.1. The molecule has 9 heteroatoms. The summed E-state index contributed by atoms with van der Waals surface area (Å²) in [4.78, 5) is 27.2. The van der Waals surface area contributed by atoms with Gasteiger partial charge in [0.15, 0.2) is 12.1 Å². The number of hydrogen-bond donors (Lipinski definition) is 1. The van der Waals surface area contributed by atoms with Gasteiger partial charge in [0.2, 0.25) is 0 Å². The van der Waals surface area contributed by atoms with Crippen molar-refractivity contribution >= 4 is 17.0 Å². The summed E-state index contributed by atoms with van der Waals surface area (Å²) in [5.41, 5.74) is 7.36. The minimum atomic E-state index is -0.551. The highest BCUT2D eigenvalue weighted by Crippen LogP contribution is 2.36. The molecule has 1 aliphatic heterocycles. The Labute approximate surface area is 235 Å². The first kappa shape index (κ1) is 27.8. The Hall–Kier alpha value is -3.72. The lowest BCUT2D eigenvalue weighted by atomic mass is 9.97. The van der Waals surface area contributed by atoms with Crippen molar-refractivity contribution in [2.45, 2.75) is 86.1 Å². The lowest BCUT2D eigenvalue weighted by Crippen LogP contribution is -2.36. The number of fused-ring (bicyclic) bond motifs is 1. The van der Waals surface area contributed by atoms with Gasteiger partial charge in [-0.05, 0) is 96.6 Å². The van der Waals surface area contributed by atoms with Gasteiger partial charge in [-0.1, -0.05) is 6.07 Å². The zero-order valence-electron chi connectivity index (χ0n) is 24.7. The zero-order chi connectivity index (χ0) is 28.6. The first-order chi connectivity index (χ1) is 19.1. The fourth-order valence-electron chi connectivity index (χ4n) is 5.14. The summed E-state index contributed by atoms with van der Waals surface area (Å²) in [5, 5.41) is 6.04. The Balaban J connectivity index is 1.55. The Kier molecular flexibility index (Phi) is 7.68. The molecule has 0 radical (unpaired) electrons. The van der Waals surface area contributed by atoms with E-state index in [1.165, 1.54) is 0 Å². The van der Waals surface area contributed by atoms with Crippen molar-refractivity contribution in [1.82, 2.24) is 29.6 Å². The Bertz CT molecular complexity index is 1500. The van der Waals surface area contributed by atoms with Gasteiger partial charge in [-0.25, -0.2) is 14.5 Å². The van der Waals surface area contributed by atoms with E-state index in [-0.39, 0.29) is 12.3 Å². The van der Waals surface area contributed by atoms with Crippen molar-refractivity contribution < 1.29 is 14.3 Å². The molecule has 4 aromatic rings. The van der Waals surface area contributed by atoms with Crippen LogP contribution in [-0.2, 0) is 16.0 Å². The summed E-state index contributed by atoms with van der Waals surface area (Å²) in [6.07, 6.45) is 6.44. The molecule has 1 fully saturated rings. The Morgan fingerprint density at radius 2 is 2.00 bits per heavy atom. The van der Waals surface area contributed by atoms with E-state index in [4.69, 9.17) is 19.6 Å². The molecule has 40 heavy (non-hydrogen) atoms. The number of benzene rings is 1. The predicted molar refractivity (Wildman–Crippen MR) is 156 cm³/mol. The van der Waals surface area contributed by atoms with Crippen molar-refractivity contribution in [3.8, 4) is 22.6 Å². The maximum atomic E-state index is 12.8. The van der Waals surface area contributed by atoms with E-state index < -0.39 is 5.60 Å². The maximum absolute atomic E-state index is 12.8. The second-order valence-electron chi connectivity index (χ2n) is 11.6. The Morgan fingerprint density at radius 1 is 1.20 bits per heavy atom. The number of nitrogens with one attached hydrogen (secondary N) is 1. The number of aromatic nitrogens is 5. The van der Waals surface area contributed by atoms with Crippen LogP contribution in [0.15, 0.2) is 30.6 Å². The SMILES string of the molecule is CCN(Cc1cncc(-c2ccc3c(c2)c(-c2nc(C)c(C)[nH]2)nn3C2CCCCO2)c1C)C(=O)OC(C)(C)C. The van der Waals surface area contributed by atoms with Crippen LogP contribution < -0.4 is 0 Å². The van der Waals surface area contributed by atoms with E-state index in [9.17, 15) is 4.79 Å². The number of carbonyl (C=O) groups excluding carboxylic acids is 1. The quantitative estimate of drug-likeness (QED) is 0.284. The molecule has 1 saturated heterocycles. The van der Waals surface area contributed by atoms with Gasteiger partial charge in [0, 0.05) is 42.2 Å². The molecular weight excluding hydrogens is 504 g/mol. The first-order valence-electron chi connectivity index (χ1n) is 14.1. The molecule has 1 aliphatic rings. The molecule has 0 saturated carbocycles. The van der Waals surface area contributed by atoms with Gasteiger partial charge in [0.1, 0.15) is 11.3 Å². The minimum Gasteiger partial charge on any atom is -0.444 e. The van der Waals surface area contributed by atoms with Gasteiger partial charge in [-0.3, -0.25) is 4.98 Å². The van der Waals surface area contributed by atoms with E-state index in [1.54, 1.807) is 4.90 Å². The van der Waals surface area contributed by atoms with Crippen LogP contribution in [0.4, 0.5) is 4.79 Å². The van der Waals surface area contributed by atoms with E-state index in [1.807, 2.05) is 58.6 Å². The molecule has 9 nitrogen and oxygen atoms in total. The molecule has 4 heterocycles. The second-order valence-corrected chi connectivity index (χ2v) is 11.6. The number of imidazole rings is 1. The highest BCUT2D eigenvalue weighted by Gasteiger charge is 2.25. The molecule has 1 amide bonds. The van der Waals surface area contributed by atoms with E-state index in [2.05, 4.69) is 35.1 Å². The van der Waals surface area contributed by atoms with Crippen molar-refractivity contribution in [2.24, 2.45) is 0 Å². The van der Waals surface area contributed by atoms with Crippen LogP contribution in [0.1, 0.15) is 75.7 Å². The summed E-state index contributed by atoms with van der Waals surface area (Å²) in [6, 6.07) is 6.40. The number of ether oxygens (including phenoxy) is 2. The summed E-state index contributed by atoms with van der Waals surface area (Å²) in [7, 11) is 0. The molecule has 3 aromatic heterocycles. The number of hydrogen-bond acceptors (Lipinski definition) is 6. The lowest BCUT2D eigenvalue weighted by molar-refractivity contribution is -0.0365. The van der Waals surface area contributed by atoms with Crippen LogP contribution in [0.25, 0.3) is 33.5 Å². The van der Waals surface area contributed by atoms with Crippen molar-refractivity contribution in [3.05, 3.63) is 53.1 Å². The highest BCUT2D eigenvalue weighted by molar-refractivity contribution is 5.95. The second kappa shape index (κ2) is 11.0. The van der Waals surface area contributed by atoms with Gasteiger partial charge in [-0.2, -0.15) is 5.10 Å². The number of carbonyl (C=O) groups is 1. The topological polar surface area (TPSA) is 98.2 Å². The van der Waals surface area contributed by atoms with Crippen LogP contribution >= 0.6 is 0 Å². The average Bonchev–Trinajstić information content (AvgIpc) is 3.46. The number of aryl methyl sites for hydroxylation is 2. The predicted octanol–water partition coefficient (Wildman–Crippen LogP) is 6.87. The van der Waals surface area contributed by atoms with Gasteiger partial charge in [0.05, 0.1) is 17.8 Å². The molecule has 1 N–H and O–H groups in total. The Morgan fingerprint density at radius 3 is 2.65 bits per heavy atom.